The summed E-state index contributed by atoms with van der Waals surface area (Å²) in [5.41, 5.74) is -0.0272. The topological polar surface area (TPSA) is 113 Å². The van der Waals surface area contributed by atoms with Gasteiger partial charge in [-0.15, -0.1) is 0 Å². The predicted molar refractivity (Wildman–Crippen MR) is 78.7 cm³/mol. The number of amides is 2. The normalized spacial score (nSPS) is 13.4. The Balaban J connectivity index is 2.23. The number of carbonyl (C=O) groups is 2. The van der Waals surface area contributed by atoms with Crippen LogP contribution in [-0.2, 0) is 17.3 Å². The molecular formula is C12H20N4O4S. The van der Waals surface area contributed by atoms with E-state index >= 15 is 0 Å². The minimum atomic E-state index is -1.08. The van der Waals surface area contributed by atoms with E-state index in [1.165, 1.54) is 12.5 Å². The number of nitrogens with one attached hydrogen (secondary N) is 2. The van der Waals surface area contributed by atoms with Crippen molar-refractivity contribution < 1.29 is 18.9 Å². The Bertz CT molecular complexity index is 517. The van der Waals surface area contributed by atoms with E-state index in [1.807, 2.05) is 6.92 Å². The van der Waals surface area contributed by atoms with Crippen molar-refractivity contribution in [2.45, 2.75) is 25.9 Å². The minimum absolute atomic E-state index is 0.0272. The molecule has 2 atom stereocenters. The van der Waals surface area contributed by atoms with Crippen molar-refractivity contribution in [3.63, 3.8) is 0 Å². The number of aromatic carboxylic acids is 1. The molecule has 0 aliphatic carbocycles. The maximum absolute atomic E-state index is 11.6. The molecule has 1 heterocycles. The lowest BCUT2D eigenvalue weighted by molar-refractivity contribution is 0.0691. The van der Waals surface area contributed by atoms with Gasteiger partial charge in [-0.1, -0.05) is 0 Å². The van der Waals surface area contributed by atoms with Crippen LogP contribution < -0.4 is 10.6 Å². The molecule has 2 amide bonds. The van der Waals surface area contributed by atoms with E-state index in [4.69, 9.17) is 5.11 Å². The number of aromatic nitrogens is 2. The number of carboxylic acid groups (broad SMARTS) is 1. The second-order valence-corrected chi connectivity index (χ2v) is 6.22. The lowest BCUT2D eigenvalue weighted by Crippen LogP contribution is -2.42. The standard InChI is InChI=1S/C12H20N4O4S/c1-9(3-6-21(2)20)15-12(19)13-4-5-16-7-10(11(17)18)14-8-16/h7-9H,3-6H2,1-2H3,(H,17,18)(H2,13,15,19). The molecule has 1 rings (SSSR count). The zero-order chi connectivity index (χ0) is 15.8. The molecule has 0 radical (unpaired) electrons. The number of carbonyl (C=O) groups excluding carboxylic acids is 1. The number of rotatable bonds is 8. The number of hydrogen-bond acceptors (Lipinski definition) is 4. The van der Waals surface area contributed by atoms with Crippen LogP contribution in [0.1, 0.15) is 23.8 Å². The SMILES string of the molecule is CC(CCS(C)=O)NC(=O)NCCn1cnc(C(=O)O)c1. The van der Waals surface area contributed by atoms with Crippen LogP contribution in [0.25, 0.3) is 0 Å². The Hall–Kier alpha value is -1.90. The molecule has 1 aromatic rings. The van der Waals surface area contributed by atoms with Crippen LogP contribution in [0, 0.1) is 0 Å². The molecular weight excluding hydrogens is 296 g/mol. The van der Waals surface area contributed by atoms with Gasteiger partial charge in [0, 0.05) is 48.1 Å². The van der Waals surface area contributed by atoms with Gasteiger partial charge in [-0.25, -0.2) is 14.6 Å². The number of imidazole rings is 1. The van der Waals surface area contributed by atoms with Crippen LogP contribution in [0.15, 0.2) is 12.5 Å². The van der Waals surface area contributed by atoms with E-state index in [0.717, 1.165) is 0 Å². The second-order valence-electron chi connectivity index (χ2n) is 4.67. The van der Waals surface area contributed by atoms with Gasteiger partial charge in [0.15, 0.2) is 5.69 Å². The molecule has 2 unspecified atom stereocenters. The van der Waals surface area contributed by atoms with Crippen molar-refractivity contribution in [3.8, 4) is 0 Å². The highest BCUT2D eigenvalue weighted by Gasteiger charge is 2.08. The van der Waals surface area contributed by atoms with E-state index in [2.05, 4.69) is 15.6 Å². The first-order valence-electron chi connectivity index (χ1n) is 6.48. The Morgan fingerprint density at radius 2 is 2.24 bits per heavy atom. The van der Waals surface area contributed by atoms with Gasteiger partial charge < -0.3 is 20.3 Å². The van der Waals surface area contributed by atoms with Crippen molar-refractivity contribution in [1.82, 2.24) is 20.2 Å². The first kappa shape index (κ1) is 17.2. The van der Waals surface area contributed by atoms with Gasteiger partial charge in [0.2, 0.25) is 0 Å². The fraction of sp³-hybridized carbons (Fsp3) is 0.583. The van der Waals surface area contributed by atoms with Gasteiger partial charge in [-0.2, -0.15) is 0 Å². The molecule has 0 saturated carbocycles. The number of hydrogen-bond donors (Lipinski definition) is 3. The average molecular weight is 316 g/mol. The van der Waals surface area contributed by atoms with Crippen molar-refractivity contribution in [2.24, 2.45) is 0 Å². The molecule has 118 valence electrons. The van der Waals surface area contributed by atoms with Crippen molar-refractivity contribution in [1.29, 1.82) is 0 Å². The molecule has 1 aromatic heterocycles. The largest absolute Gasteiger partial charge is 0.476 e. The van der Waals surface area contributed by atoms with Gasteiger partial charge >= 0.3 is 12.0 Å². The molecule has 21 heavy (non-hydrogen) atoms. The molecule has 8 nitrogen and oxygen atoms in total. The number of nitrogens with zero attached hydrogens (tertiary/aromatic N) is 2. The summed E-state index contributed by atoms with van der Waals surface area (Å²) in [6, 6.07) is -0.358. The highest BCUT2D eigenvalue weighted by molar-refractivity contribution is 7.84. The smallest absolute Gasteiger partial charge is 0.356 e. The maximum Gasteiger partial charge on any atom is 0.356 e. The third-order valence-corrected chi connectivity index (χ3v) is 3.53. The molecule has 0 spiro atoms. The van der Waals surface area contributed by atoms with Gasteiger partial charge in [-0.3, -0.25) is 4.21 Å². The quantitative estimate of drug-likeness (QED) is 0.626. The summed E-state index contributed by atoms with van der Waals surface area (Å²) < 4.78 is 12.5. The van der Waals surface area contributed by atoms with E-state index < -0.39 is 16.8 Å². The third-order valence-electron chi connectivity index (χ3n) is 2.72. The Morgan fingerprint density at radius 1 is 1.52 bits per heavy atom. The van der Waals surface area contributed by atoms with E-state index in [1.54, 1.807) is 10.8 Å². The maximum atomic E-state index is 11.6. The summed E-state index contributed by atoms with van der Waals surface area (Å²) in [5, 5.41) is 14.1. The van der Waals surface area contributed by atoms with Gasteiger partial charge in [-0.05, 0) is 13.3 Å². The van der Waals surface area contributed by atoms with Crippen LogP contribution in [-0.4, -0.2) is 55.5 Å². The van der Waals surface area contributed by atoms with Crippen LogP contribution in [0.3, 0.4) is 0 Å². The van der Waals surface area contributed by atoms with Crippen molar-refractivity contribution in [3.05, 3.63) is 18.2 Å². The fourth-order valence-corrected chi connectivity index (χ4v) is 2.27. The molecule has 0 aliphatic heterocycles. The fourth-order valence-electron chi connectivity index (χ4n) is 1.58. The third kappa shape index (κ3) is 6.89. The first-order chi connectivity index (χ1) is 9.88. The van der Waals surface area contributed by atoms with E-state index in [9.17, 15) is 13.8 Å². The molecule has 0 fully saturated rings. The lowest BCUT2D eigenvalue weighted by Gasteiger charge is -2.14. The number of urea groups is 1. The summed E-state index contributed by atoms with van der Waals surface area (Å²) in [6.45, 7) is 2.64. The summed E-state index contributed by atoms with van der Waals surface area (Å²) in [5.74, 6) is -0.532. The molecule has 9 heteroatoms. The monoisotopic (exact) mass is 316 g/mol. The van der Waals surface area contributed by atoms with Crippen molar-refractivity contribution in [2.75, 3.05) is 18.6 Å². The predicted octanol–water partition coefficient (Wildman–Crippen LogP) is 0.0376. The van der Waals surface area contributed by atoms with Gasteiger partial charge in [0.1, 0.15) is 0 Å². The van der Waals surface area contributed by atoms with E-state index in [0.29, 0.717) is 25.3 Å². The Labute approximate surface area is 125 Å². The summed E-state index contributed by atoms with van der Waals surface area (Å²) in [6.07, 6.45) is 5.09. The summed E-state index contributed by atoms with van der Waals surface area (Å²) in [7, 11) is -0.863. The van der Waals surface area contributed by atoms with Gasteiger partial charge in [0.25, 0.3) is 0 Å². The van der Waals surface area contributed by atoms with Crippen LogP contribution in [0.4, 0.5) is 4.79 Å². The molecule has 0 aromatic carbocycles. The Kier molecular flexibility index (Phi) is 6.86. The van der Waals surface area contributed by atoms with Gasteiger partial charge in [0.05, 0.1) is 6.33 Å². The zero-order valence-electron chi connectivity index (χ0n) is 12.0. The Morgan fingerprint density at radius 3 is 2.81 bits per heavy atom. The van der Waals surface area contributed by atoms with Crippen LogP contribution in [0.2, 0.25) is 0 Å². The molecule has 0 aliphatic rings. The number of carboxylic acids is 1. The van der Waals surface area contributed by atoms with Crippen LogP contribution in [0.5, 0.6) is 0 Å². The minimum Gasteiger partial charge on any atom is -0.476 e. The highest BCUT2D eigenvalue weighted by Crippen LogP contribution is 1.95. The molecule has 0 saturated heterocycles. The molecule has 0 bridgehead atoms. The second kappa shape index (κ2) is 8.40. The van der Waals surface area contributed by atoms with E-state index in [-0.39, 0.29) is 17.8 Å². The highest BCUT2D eigenvalue weighted by atomic mass is 32.2. The summed E-state index contributed by atoms with van der Waals surface area (Å²) >= 11 is 0. The molecule has 3 N–H and O–H groups in total. The first-order valence-corrected chi connectivity index (χ1v) is 8.20. The average Bonchev–Trinajstić information content (AvgIpc) is 2.85. The summed E-state index contributed by atoms with van der Waals surface area (Å²) in [4.78, 5) is 25.9. The zero-order valence-corrected chi connectivity index (χ0v) is 12.9. The van der Waals surface area contributed by atoms with Crippen molar-refractivity contribution >= 4 is 22.8 Å². The lowest BCUT2D eigenvalue weighted by atomic mass is 10.3. The van der Waals surface area contributed by atoms with Crippen LogP contribution >= 0.6 is 0 Å².